The lowest BCUT2D eigenvalue weighted by Crippen LogP contribution is -2.50. The van der Waals surface area contributed by atoms with Crippen molar-refractivity contribution in [2.45, 2.75) is 36.6 Å². The first-order valence-electron chi connectivity index (χ1n) is 6.88. The molecule has 0 aromatic heterocycles. The van der Waals surface area contributed by atoms with Crippen LogP contribution in [0.25, 0.3) is 0 Å². The smallest absolute Gasteiger partial charge is 0.324 e. The Morgan fingerprint density at radius 3 is 2.90 bits per heavy atom. The van der Waals surface area contributed by atoms with Crippen LogP contribution < -0.4 is 4.74 Å². The number of aliphatic carboxylic acids is 1. The number of carboxylic acids is 1. The minimum Gasteiger partial charge on any atom is -0.493 e. The van der Waals surface area contributed by atoms with Gasteiger partial charge < -0.3 is 9.84 Å². The van der Waals surface area contributed by atoms with Crippen LogP contribution in [0.5, 0.6) is 5.75 Å². The second kappa shape index (κ2) is 4.71. The van der Waals surface area contributed by atoms with Crippen LogP contribution in [0.15, 0.2) is 23.1 Å². The highest BCUT2D eigenvalue weighted by atomic mass is 32.2. The Morgan fingerprint density at radius 1 is 1.43 bits per heavy atom. The minimum absolute atomic E-state index is 0.140. The molecule has 1 saturated heterocycles. The number of sulfonamides is 1. The second-order valence-electron chi connectivity index (χ2n) is 5.63. The molecule has 6 nitrogen and oxygen atoms in total. The van der Waals surface area contributed by atoms with E-state index < -0.39 is 21.5 Å². The van der Waals surface area contributed by atoms with Crippen LogP contribution in [0, 0.1) is 0 Å². The SMILES string of the molecule is CC1(C(=O)O)CCCN1S(=O)(=O)c1ccc2c(c1)CCO2. The van der Waals surface area contributed by atoms with Crippen molar-refractivity contribution < 1.29 is 23.1 Å². The van der Waals surface area contributed by atoms with Gasteiger partial charge in [-0.3, -0.25) is 4.79 Å². The molecule has 2 heterocycles. The summed E-state index contributed by atoms with van der Waals surface area (Å²) in [5.74, 6) is -0.399. The monoisotopic (exact) mass is 311 g/mol. The highest BCUT2D eigenvalue weighted by Crippen LogP contribution is 2.36. The van der Waals surface area contributed by atoms with Gasteiger partial charge in [0.1, 0.15) is 11.3 Å². The van der Waals surface area contributed by atoms with E-state index in [0.29, 0.717) is 31.6 Å². The number of benzene rings is 1. The number of carbonyl (C=O) groups is 1. The van der Waals surface area contributed by atoms with Crippen molar-refractivity contribution in [3.8, 4) is 5.75 Å². The maximum Gasteiger partial charge on any atom is 0.324 e. The van der Waals surface area contributed by atoms with E-state index in [9.17, 15) is 18.3 Å². The van der Waals surface area contributed by atoms with Crippen molar-refractivity contribution in [2.24, 2.45) is 0 Å². The summed E-state index contributed by atoms with van der Waals surface area (Å²) in [5, 5.41) is 9.38. The zero-order valence-electron chi connectivity index (χ0n) is 11.7. The Balaban J connectivity index is 2.03. The number of fused-ring (bicyclic) bond motifs is 1. The summed E-state index contributed by atoms with van der Waals surface area (Å²) in [6, 6.07) is 4.72. The molecule has 3 rings (SSSR count). The van der Waals surface area contributed by atoms with Crippen molar-refractivity contribution in [3.63, 3.8) is 0 Å². The van der Waals surface area contributed by atoms with E-state index in [2.05, 4.69) is 0 Å². The first-order valence-corrected chi connectivity index (χ1v) is 8.32. The fourth-order valence-electron chi connectivity index (χ4n) is 2.99. The van der Waals surface area contributed by atoms with Crippen molar-refractivity contribution in [3.05, 3.63) is 23.8 Å². The van der Waals surface area contributed by atoms with Gasteiger partial charge in [-0.05, 0) is 43.5 Å². The van der Waals surface area contributed by atoms with Crippen molar-refractivity contribution >= 4 is 16.0 Å². The highest BCUT2D eigenvalue weighted by Gasteiger charge is 2.49. The van der Waals surface area contributed by atoms with E-state index in [1.54, 1.807) is 12.1 Å². The predicted octanol–water partition coefficient (Wildman–Crippen LogP) is 1.25. The molecule has 1 aromatic carbocycles. The molecule has 0 saturated carbocycles. The largest absolute Gasteiger partial charge is 0.493 e. The van der Waals surface area contributed by atoms with Crippen molar-refractivity contribution in [2.75, 3.05) is 13.2 Å². The zero-order chi connectivity index (χ0) is 15.3. The minimum atomic E-state index is -3.82. The van der Waals surface area contributed by atoms with E-state index in [1.165, 1.54) is 13.0 Å². The molecule has 1 unspecified atom stereocenters. The van der Waals surface area contributed by atoms with Crippen molar-refractivity contribution in [1.29, 1.82) is 0 Å². The average Bonchev–Trinajstić information content (AvgIpc) is 3.04. The maximum absolute atomic E-state index is 12.8. The quantitative estimate of drug-likeness (QED) is 0.908. The molecule has 21 heavy (non-hydrogen) atoms. The normalized spacial score (nSPS) is 25.6. The van der Waals surface area contributed by atoms with Crippen LogP contribution in [-0.2, 0) is 21.2 Å². The Labute approximate surface area is 123 Å². The standard InChI is InChI=1S/C14H17NO5S/c1-14(13(16)17)6-2-7-15(14)21(18,19)11-3-4-12-10(9-11)5-8-20-12/h3-4,9H,2,5-8H2,1H3,(H,16,17). The summed E-state index contributed by atoms with van der Waals surface area (Å²) in [6.07, 6.45) is 1.56. The third-order valence-electron chi connectivity index (χ3n) is 4.28. The molecular weight excluding hydrogens is 294 g/mol. The predicted molar refractivity (Wildman–Crippen MR) is 74.8 cm³/mol. The van der Waals surface area contributed by atoms with E-state index in [1.807, 2.05) is 0 Å². The molecule has 0 bridgehead atoms. The molecular formula is C14H17NO5S. The molecule has 1 aromatic rings. The van der Waals surface area contributed by atoms with Crippen LogP contribution in [0.2, 0.25) is 0 Å². The van der Waals surface area contributed by atoms with Crippen LogP contribution in [-0.4, -0.2) is 42.5 Å². The summed E-state index contributed by atoms with van der Waals surface area (Å²) in [5.41, 5.74) is -0.513. The van der Waals surface area contributed by atoms with Crippen LogP contribution >= 0.6 is 0 Å². The molecule has 2 aliphatic rings. The number of ether oxygens (including phenoxy) is 1. The molecule has 7 heteroatoms. The van der Waals surface area contributed by atoms with Gasteiger partial charge in [0.05, 0.1) is 11.5 Å². The summed E-state index contributed by atoms with van der Waals surface area (Å²) in [7, 11) is -3.82. The Kier molecular flexibility index (Phi) is 3.22. The third kappa shape index (κ3) is 2.11. The van der Waals surface area contributed by atoms with E-state index in [0.717, 1.165) is 9.87 Å². The molecule has 0 amide bonds. The zero-order valence-corrected chi connectivity index (χ0v) is 12.5. The number of hydrogen-bond donors (Lipinski definition) is 1. The second-order valence-corrected chi connectivity index (χ2v) is 7.49. The number of rotatable bonds is 3. The molecule has 114 valence electrons. The van der Waals surface area contributed by atoms with Crippen LogP contribution in [0.1, 0.15) is 25.3 Å². The van der Waals surface area contributed by atoms with Gasteiger partial charge in [-0.15, -0.1) is 0 Å². The maximum atomic E-state index is 12.8. The van der Waals surface area contributed by atoms with E-state index in [4.69, 9.17) is 4.74 Å². The van der Waals surface area contributed by atoms with Crippen LogP contribution in [0.4, 0.5) is 0 Å². The Bertz CT molecular complexity index is 699. The van der Waals surface area contributed by atoms with Gasteiger partial charge in [-0.25, -0.2) is 8.42 Å². The molecule has 0 aliphatic carbocycles. The first-order chi connectivity index (χ1) is 9.85. The van der Waals surface area contributed by atoms with Gasteiger partial charge in [0.2, 0.25) is 10.0 Å². The summed E-state index contributed by atoms with van der Waals surface area (Å²) < 4.78 is 32.0. The molecule has 1 fully saturated rings. The fraction of sp³-hybridized carbons (Fsp3) is 0.500. The summed E-state index contributed by atoms with van der Waals surface area (Å²) in [4.78, 5) is 11.6. The van der Waals surface area contributed by atoms with E-state index in [-0.39, 0.29) is 11.4 Å². The van der Waals surface area contributed by atoms with Gasteiger partial charge in [-0.2, -0.15) is 4.31 Å². The number of carboxylic acid groups (broad SMARTS) is 1. The molecule has 1 atom stereocenters. The first kappa shape index (κ1) is 14.3. The summed E-state index contributed by atoms with van der Waals surface area (Å²) in [6.45, 7) is 2.25. The van der Waals surface area contributed by atoms with Gasteiger partial charge in [-0.1, -0.05) is 0 Å². The van der Waals surface area contributed by atoms with Crippen LogP contribution in [0.3, 0.4) is 0 Å². The lowest BCUT2D eigenvalue weighted by Gasteiger charge is -2.30. The molecule has 2 aliphatic heterocycles. The topological polar surface area (TPSA) is 83.9 Å². The number of hydrogen-bond acceptors (Lipinski definition) is 4. The Morgan fingerprint density at radius 2 is 2.19 bits per heavy atom. The van der Waals surface area contributed by atoms with Gasteiger partial charge in [0.15, 0.2) is 0 Å². The van der Waals surface area contributed by atoms with Gasteiger partial charge in [0.25, 0.3) is 0 Å². The lowest BCUT2D eigenvalue weighted by atomic mass is 10.0. The molecule has 1 N–H and O–H groups in total. The molecule has 0 spiro atoms. The molecule has 0 radical (unpaired) electrons. The van der Waals surface area contributed by atoms with Gasteiger partial charge >= 0.3 is 5.97 Å². The van der Waals surface area contributed by atoms with Gasteiger partial charge in [0, 0.05) is 13.0 Å². The van der Waals surface area contributed by atoms with E-state index >= 15 is 0 Å². The van der Waals surface area contributed by atoms with Crippen molar-refractivity contribution in [1.82, 2.24) is 4.31 Å². The number of nitrogens with zero attached hydrogens (tertiary/aromatic N) is 1. The Hall–Kier alpha value is -1.60. The summed E-state index contributed by atoms with van der Waals surface area (Å²) >= 11 is 0. The average molecular weight is 311 g/mol. The lowest BCUT2D eigenvalue weighted by molar-refractivity contribution is -0.146. The fourth-order valence-corrected chi connectivity index (χ4v) is 4.84. The third-order valence-corrected chi connectivity index (χ3v) is 6.30. The highest BCUT2D eigenvalue weighted by molar-refractivity contribution is 7.89.